The molecule has 10 rings (SSSR count). The molecular weight excluding hydrogens is 631 g/mol. The van der Waals surface area contributed by atoms with Gasteiger partial charge in [0.15, 0.2) is 17.5 Å². The van der Waals surface area contributed by atoms with Gasteiger partial charge in [-0.15, -0.1) is 11.3 Å². The lowest BCUT2D eigenvalue weighted by atomic mass is 9.90. The summed E-state index contributed by atoms with van der Waals surface area (Å²) in [4.78, 5) is 15.1. The van der Waals surface area contributed by atoms with Crippen LogP contribution in [0.15, 0.2) is 168 Å². The van der Waals surface area contributed by atoms with E-state index in [1.54, 1.807) is 0 Å². The van der Waals surface area contributed by atoms with E-state index in [1.807, 2.05) is 84.1 Å². The fraction of sp³-hybridized carbons (Fsp3) is 0. The van der Waals surface area contributed by atoms with Gasteiger partial charge in [-0.05, 0) is 52.6 Å². The Bertz CT molecular complexity index is 2820. The zero-order valence-corrected chi connectivity index (χ0v) is 27.6. The minimum absolute atomic E-state index is 0.620. The number of rotatable bonds is 5. The number of benzene rings is 7. The number of thiophene rings is 1. The Kier molecular flexibility index (Phi) is 6.64. The van der Waals surface area contributed by atoms with Gasteiger partial charge in [0, 0.05) is 47.6 Å². The van der Waals surface area contributed by atoms with Crippen LogP contribution >= 0.6 is 11.3 Å². The van der Waals surface area contributed by atoms with Crippen LogP contribution in [0.5, 0.6) is 0 Å². The zero-order chi connectivity index (χ0) is 33.0. The predicted octanol–water partition coefficient (Wildman–Crippen LogP) is 12.5. The highest BCUT2D eigenvalue weighted by molar-refractivity contribution is 7.25. The Morgan fingerprint density at radius 1 is 0.360 bits per heavy atom. The van der Waals surface area contributed by atoms with Crippen LogP contribution in [-0.4, -0.2) is 15.0 Å². The third-order valence-electron chi connectivity index (χ3n) is 9.36. The van der Waals surface area contributed by atoms with Gasteiger partial charge in [-0.1, -0.05) is 133 Å². The maximum absolute atomic E-state index is 6.36. The van der Waals surface area contributed by atoms with Gasteiger partial charge < -0.3 is 4.42 Å². The van der Waals surface area contributed by atoms with Gasteiger partial charge in [0.2, 0.25) is 0 Å². The minimum atomic E-state index is 0.620. The molecule has 3 heterocycles. The van der Waals surface area contributed by atoms with Gasteiger partial charge in [-0.25, -0.2) is 15.0 Å². The van der Waals surface area contributed by atoms with E-state index in [9.17, 15) is 0 Å². The predicted molar refractivity (Wildman–Crippen MR) is 207 cm³/mol. The Hall–Kier alpha value is -6.43. The van der Waals surface area contributed by atoms with Crippen LogP contribution in [0.2, 0.25) is 0 Å². The van der Waals surface area contributed by atoms with E-state index in [4.69, 9.17) is 19.4 Å². The van der Waals surface area contributed by atoms with Crippen LogP contribution in [-0.2, 0) is 0 Å². The van der Waals surface area contributed by atoms with Crippen molar-refractivity contribution < 1.29 is 4.42 Å². The molecule has 0 amide bonds. The molecule has 0 unspecified atom stereocenters. The first-order valence-electron chi connectivity index (χ1n) is 16.6. The molecule has 0 aliphatic carbocycles. The SMILES string of the molecule is c1ccc(-c2nc(-c3ccccc3)nc(-c3ccc(-c4ccc5c(c4)sc4ccccc45)c(-c4cccc5oc6ccccc6c45)c3)n2)cc1. The summed E-state index contributed by atoms with van der Waals surface area (Å²) >= 11 is 1.84. The summed E-state index contributed by atoms with van der Waals surface area (Å²) in [5.41, 5.74) is 8.99. The standard InChI is InChI=1S/C45H27N3OS/c1-3-12-28(13-4-1)43-46-44(29-14-5-2-6-15-29)48-45(47-43)31-23-24-32(30-22-25-34-33-16-8-10-21-40(33)50-41(34)27-30)37(26-31)35-18-11-20-39-42(35)36-17-7-9-19-38(36)49-39/h1-27H. The summed E-state index contributed by atoms with van der Waals surface area (Å²) in [5, 5.41) is 4.76. The second-order valence-electron chi connectivity index (χ2n) is 12.4. The van der Waals surface area contributed by atoms with Crippen molar-refractivity contribution >= 4 is 53.4 Å². The van der Waals surface area contributed by atoms with E-state index < -0.39 is 0 Å². The molecule has 0 radical (unpaired) electrons. The summed E-state index contributed by atoms with van der Waals surface area (Å²) < 4.78 is 8.93. The minimum Gasteiger partial charge on any atom is -0.456 e. The highest BCUT2D eigenvalue weighted by Crippen LogP contribution is 2.44. The lowest BCUT2D eigenvalue weighted by Gasteiger charge is -2.15. The van der Waals surface area contributed by atoms with Crippen molar-refractivity contribution in [2.75, 3.05) is 0 Å². The van der Waals surface area contributed by atoms with Crippen LogP contribution in [0, 0.1) is 0 Å². The highest BCUT2D eigenvalue weighted by Gasteiger charge is 2.19. The lowest BCUT2D eigenvalue weighted by molar-refractivity contribution is 0.669. The van der Waals surface area contributed by atoms with Crippen molar-refractivity contribution in [2.45, 2.75) is 0 Å². The fourth-order valence-corrected chi connectivity index (χ4v) is 8.13. The maximum atomic E-state index is 6.36. The van der Waals surface area contributed by atoms with Gasteiger partial charge in [-0.2, -0.15) is 0 Å². The van der Waals surface area contributed by atoms with Crippen molar-refractivity contribution in [3.8, 4) is 56.4 Å². The van der Waals surface area contributed by atoms with Crippen LogP contribution in [0.3, 0.4) is 0 Å². The molecule has 4 nitrogen and oxygen atoms in total. The molecule has 7 aromatic carbocycles. The van der Waals surface area contributed by atoms with E-state index in [2.05, 4.69) is 91.0 Å². The van der Waals surface area contributed by atoms with E-state index in [1.165, 1.54) is 20.2 Å². The fourth-order valence-electron chi connectivity index (χ4n) is 6.99. The molecule has 0 saturated carbocycles. The van der Waals surface area contributed by atoms with Gasteiger partial charge in [0.1, 0.15) is 11.2 Å². The van der Waals surface area contributed by atoms with E-state index in [0.717, 1.165) is 60.9 Å². The molecule has 0 saturated heterocycles. The van der Waals surface area contributed by atoms with Gasteiger partial charge >= 0.3 is 0 Å². The molecule has 0 aliphatic rings. The van der Waals surface area contributed by atoms with Crippen molar-refractivity contribution in [3.63, 3.8) is 0 Å². The van der Waals surface area contributed by atoms with Gasteiger partial charge in [-0.3, -0.25) is 0 Å². The lowest BCUT2D eigenvalue weighted by Crippen LogP contribution is -2.00. The first-order chi connectivity index (χ1) is 24.8. The Labute approximate surface area is 292 Å². The zero-order valence-electron chi connectivity index (χ0n) is 26.7. The topological polar surface area (TPSA) is 51.8 Å². The third kappa shape index (κ3) is 4.79. The quantitative estimate of drug-likeness (QED) is 0.185. The summed E-state index contributed by atoms with van der Waals surface area (Å²) in [5.74, 6) is 1.89. The normalized spacial score (nSPS) is 11.6. The molecule has 0 bridgehead atoms. The monoisotopic (exact) mass is 657 g/mol. The molecule has 234 valence electrons. The molecule has 3 aromatic heterocycles. The van der Waals surface area contributed by atoms with Crippen LogP contribution in [0.25, 0.3) is 98.5 Å². The van der Waals surface area contributed by atoms with Crippen LogP contribution in [0.4, 0.5) is 0 Å². The van der Waals surface area contributed by atoms with Gasteiger partial charge in [0.25, 0.3) is 0 Å². The first kappa shape index (κ1) is 28.6. The molecule has 50 heavy (non-hydrogen) atoms. The molecule has 0 spiro atoms. The van der Waals surface area contributed by atoms with E-state index in [-0.39, 0.29) is 0 Å². The molecular formula is C45H27N3OS. The molecule has 0 aliphatic heterocycles. The smallest absolute Gasteiger partial charge is 0.164 e. The van der Waals surface area contributed by atoms with Crippen molar-refractivity contribution in [1.82, 2.24) is 15.0 Å². The first-order valence-corrected chi connectivity index (χ1v) is 17.4. The van der Waals surface area contributed by atoms with Crippen molar-refractivity contribution in [1.29, 1.82) is 0 Å². The largest absolute Gasteiger partial charge is 0.456 e. The second kappa shape index (κ2) is 11.6. The Morgan fingerprint density at radius 3 is 1.72 bits per heavy atom. The summed E-state index contributed by atoms with van der Waals surface area (Å²) in [6.07, 6.45) is 0. The number of hydrogen-bond acceptors (Lipinski definition) is 5. The molecule has 5 heteroatoms. The maximum Gasteiger partial charge on any atom is 0.164 e. The molecule has 0 N–H and O–H groups in total. The molecule has 10 aromatic rings. The van der Waals surface area contributed by atoms with Crippen LogP contribution in [0.1, 0.15) is 0 Å². The number of para-hydroxylation sites is 1. The molecule has 0 fully saturated rings. The van der Waals surface area contributed by atoms with E-state index in [0.29, 0.717) is 17.5 Å². The number of furan rings is 1. The van der Waals surface area contributed by atoms with Crippen LogP contribution < -0.4 is 0 Å². The Morgan fingerprint density at radius 2 is 0.960 bits per heavy atom. The number of nitrogens with zero attached hydrogens (tertiary/aromatic N) is 3. The third-order valence-corrected chi connectivity index (χ3v) is 10.5. The average Bonchev–Trinajstić information content (AvgIpc) is 3.76. The molecule has 0 atom stereocenters. The van der Waals surface area contributed by atoms with Crippen molar-refractivity contribution in [3.05, 3.63) is 164 Å². The summed E-state index contributed by atoms with van der Waals surface area (Å²) in [6.45, 7) is 0. The number of hydrogen-bond donors (Lipinski definition) is 0. The summed E-state index contributed by atoms with van der Waals surface area (Å²) in [7, 11) is 0. The second-order valence-corrected chi connectivity index (χ2v) is 13.5. The number of aromatic nitrogens is 3. The van der Waals surface area contributed by atoms with Gasteiger partial charge in [0.05, 0.1) is 0 Å². The average molecular weight is 658 g/mol. The number of fused-ring (bicyclic) bond motifs is 6. The van der Waals surface area contributed by atoms with Crippen molar-refractivity contribution in [2.24, 2.45) is 0 Å². The highest BCUT2D eigenvalue weighted by atomic mass is 32.1. The summed E-state index contributed by atoms with van der Waals surface area (Å²) in [6, 6.07) is 56.9. The van der Waals surface area contributed by atoms with E-state index >= 15 is 0 Å². The Balaban J connectivity index is 1.23.